The molecule has 6 heteroatoms. The van der Waals surface area contributed by atoms with Gasteiger partial charge in [0.15, 0.2) is 11.5 Å². The van der Waals surface area contributed by atoms with Gasteiger partial charge in [-0.05, 0) is 34.4 Å². The van der Waals surface area contributed by atoms with Crippen molar-refractivity contribution in [3.8, 4) is 17.2 Å². The van der Waals surface area contributed by atoms with Crippen LogP contribution in [0.4, 0.5) is 0 Å². The van der Waals surface area contributed by atoms with Crippen LogP contribution in [0, 0.1) is 0 Å². The summed E-state index contributed by atoms with van der Waals surface area (Å²) in [5.74, 6) is 0.595. The van der Waals surface area contributed by atoms with Gasteiger partial charge in [0.25, 0.3) is 0 Å². The minimum absolute atomic E-state index is 0.185. The molecule has 0 spiro atoms. The Labute approximate surface area is 147 Å². The zero-order valence-corrected chi connectivity index (χ0v) is 14.0. The molecule has 0 atom stereocenters. The van der Waals surface area contributed by atoms with Crippen LogP contribution in [0.15, 0.2) is 54.6 Å². The van der Waals surface area contributed by atoms with E-state index in [0.717, 1.165) is 37.7 Å². The Balaban J connectivity index is 1.93. The summed E-state index contributed by atoms with van der Waals surface area (Å²) < 4.78 is 33.5. The summed E-state index contributed by atoms with van der Waals surface area (Å²) >= 11 is 0. The minimum atomic E-state index is -4.07. The molecular formula is C20H10O5S. The predicted octanol–water partition coefficient (Wildman–Crippen LogP) is 4.46. The third-order valence-electron chi connectivity index (χ3n) is 5.05. The Morgan fingerprint density at radius 3 is 2.31 bits per heavy atom. The molecule has 0 fully saturated rings. The molecule has 1 aliphatic rings. The van der Waals surface area contributed by atoms with Crippen molar-refractivity contribution in [3.05, 3.63) is 54.6 Å². The number of hydrogen-bond acceptors (Lipinski definition) is 5. The topological polar surface area (TPSA) is 72.8 Å². The predicted molar refractivity (Wildman–Crippen MR) is 99.5 cm³/mol. The average molecular weight is 362 g/mol. The number of phenols is 1. The zero-order chi connectivity index (χ0) is 17.6. The van der Waals surface area contributed by atoms with E-state index in [0.29, 0.717) is 5.39 Å². The largest absolute Gasteiger partial charge is 0.507 e. The molecule has 0 saturated carbocycles. The molecule has 0 amide bonds. The second kappa shape index (κ2) is 4.28. The van der Waals surface area contributed by atoms with Gasteiger partial charge in [-0.15, -0.1) is 8.42 Å². The van der Waals surface area contributed by atoms with Crippen molar-refractivity contribution in [1.29, 1.82) is 0 Å². The quantitative estimate of drug-likeness (QED) is 0.325. The van der Waals surface area contributed by atoms with Gasteiger partial charge in [-0.3, -0.25) is 0 Å². The first-order valence-corrected chi connectivity index (χ1v) is 9.36. The van der Waals surface area contributed by atoms with Crippen molar-refractivity contribution in [1.82, 2.24) is 0 Å². The number of hydrogen-bond donors (Lipinski definition) is 1. The molecule has 1 aliphatic heterocycles. The molecule has 0 aromatic heterocycles. The third-order valence-corrected chi connectivity index (χ3v) is 5.81. The first-order valence-electron chi connectivity index (χ1n) is 8.02. The molecule has 1 heterocycles. The highest BCUT2D eigenvalue weighted by atomic mass is 32.3. The number of phenolic OH excluding ortho intramolecular Hbond substituents is 1. The van der Waals surface area contributed by atoms with Crippen LogP contribution in [-0.2, 0) is 10.4 Å². The maximum atomic E-state index is 11.7. The molecule has 0 saturated heterocycles. The molecule has 0 unspecified atom stereocenters. The van der Waals surface area contributed by atoms with Gasteiger partial charge >= 0.3 is 10.4 Å². The molecular weight excluding hydrogens is 352 g/mol. The minimum Gasteiger partial charge on any atom is -0.507 e. The van der Waals surface area contributed by atoms with E-state index in [4.69, 9.17) is 8.37 Å². The summed E-state index contributed by atoms with van der Waals surface area (Å²) in [5, 5.41) is 17.4. The van der Waals surface area contributed by atoms with Gasteiger partial charge in [-0.2, -0.15) is 0 Å². The monoisotopic (exact) mass is 362 g/mol. The lowest BCUT2D eigenvalue weighted by atomic mass is 9.90. The van der Waals surface area contributed by atoms with E-state index >= 15 is 0 Å². The molecule has 126 valence electrons. The van der Waals surface area contributed by atoms with Crippen molar-refractivity contribution in [2.75, 3.05) is 0 Å². The van der Waals surface area contributed by atoms with Crippen LogP contribution in [-0.4, -0.2) is 13.5 Å². The number of aromatic hydroxyl groups is 1. The fraction of sp³-hybridized carbons (Fsp3) is 0. The third kappa shape index (κ3) is 1.57. The van der Waals surface area contributed by atoms with E-state index in [1.54, 1.807) is 6.07 Å². The van der Waals surface area contributed by atoms with E-state index in [1.165, 1.54) is 0 Å². The average Bonchev–Trinajstić information content (AvgIpc) is 2.95. The molecule has 6 rings (SSSR count). The van der Waals surface area contributed by atoms with Crippen molar-refractivity contribution in [3.63, 3.8) is 0 Å². The summed E-state index contributed by atoms with van der Waals surface area (Å²) in [6.45, 7) is 0. The summed E-state index contributed by atoms with van der Waals surface area (Å²) in [5.41, 5.74) is 0. The van der Waals surface area contributed by atoms with Gasteiger partial charge in [-0.25, -0.2) is 0 Å². The van der Waals surface area contributed by atoms with Gasteiger partial charge in [0.2, 0.25) is 0 Å². The lowest BCUT2D eigenvalue weighted by Crippen LogP contribution is -2.08. The van der Waals surface area contributed by atoms with Crippen LogP contribution in [0.3, 0.4) is 0 Å². The maximum absolute atomic E-state index is 11.7. The molecule has 0 aliphatic carbocycles. The highest BCUT2D eigenvalue weighted by molar-refractivity contribution is 7.82. The first kappa shape index (κ1) is 14.0. The fourth-order valence-electron chi connectivity index (χ4n) is 4.04. The summed E-state index contributed by atoms with van der Waals surface area (Å²) in [6.07, 6.45) is 0. The van der Waals surface area contributed by atoms with E-state index in [2.05, 4.69) is 0 Å². The number of benzene rings is 5. The van der Waals surface area contributed by atoms with Crippen molar-refractivity contribution >= 4 is 53.5 Å². The lowest BCUT2D eigenvalue weighted by molar-refractivity contribution is 0.437. The van der Waals surface area contributed by atoms with Gasteiger partial charge in [0.05, 0.1) is 0 Å². The zero-order valence-electron chi connectivity index (χ0n) is 13.2. The standard InChI is InChI=1S/C20H10O5S/c21-19-13-4-2-1-3-11(13)12-7-8-15-17-10(5-6-14(19)18(12)17)9-16-20(15)25-26(22,23)24-16/h1-9,21H. The summed E-state index contributed by atoms with van der Waals surface area (Å²) in [6, 6.07) is 16.8. The molecule has 5 nitrogen and oxygen atoms in total. The van der Waals surface area contributed by atoms with Crippen LogP contribution < -0.4 is 8.37 Å². The molecule has 1 N–H and O–H groups in total. The molecule has 0 bridgehead atoms. The molecule has 5 aromatic rings. The van der Waals surface area contributed by atoms with Crippen molar-refractivity contribution in [2.24, 2.45) is 0 Å². The summed E-state index contributed by atoms with van der Waals surface area (Å²) in [4.78, 5) is 0. The highest BCUT2D eigenvalue weighted by Crippen LogP contribution is 2.50. The molecule has 0 radical (unpaired) electrons. The van der Waals surface area contributed by atoms with Crippen LogP contribution in [0.1, 0.15) is 0 Å². The Kier molecular flexibility index (Phi) is 2.30. The van der Waals surface area contributed by atoms with Gasteiger partial charge in [-0.1, -0.05) is 36.4 Å². The molecule has 5 aromatic carbocycles. The lowest BCUT2D eigenvalue weighted by Gasteiger charge is -2.15. The van der Waals surface area contributed by atoms with Crippen molar-refractivity contribution < 1.29 is 21.9 Å². The second-order valence-corrected chi connectivity index (χ2v) is 7.57. The number of fused-ring (bicyclic) bond motifs is 4. The maximum Gasteiger partial charge on any atom is 0.501 e. The SMILES string of the molecule is O=S1(=O)Oc2cc3ccc4c(O)c5ccccc5c5ccc(c2O1)c3c45. The smallest absolute Gasteiger partial charge is 0.501 e. The Hall–Kier alpha value is -3.25. The van der Waals surface area contributed by atoms with Crippen LogP contribution in [0.25, 0.3) is 43.1 Å². The van der Waals surface area contributed by atoms with Crippen LogP contribution in [0.5, 0.6) is 17.2 Å². The van der Waals surface area contributed by atoms with Gasteiger partial charge in [0.1, 0.15) is 5.75 Å². The normalized spacial score (nSPS) is 15.5. The fourth-order valence-corrected chi connectivity index (χ4v) is 4.79. The highest BCUT2D eigenvalue weighted by Gasteiger charge is 2.32. The van der Waals surface area contributed by atoms with Crippen LogP contribution in [0.2, 0.25) is 0 Å². The Morgan fingerprint density at radius 1 is 0.731 bits per heavy atom. The second-order valence-electron chi connectivity index (χ2n) is 6.42. The van der Waals surface area contributed by atoms with Crippen LogP contribution >= 0.6 is 0 Å². The Morgan fingerprint density at radius 2 is 1.46 bits per heavy atom. The Bertz CT molecular complexity index is 1500. The van der Waals surface area contributed by atoms with E-state index in [1.807, 2.05) is 48.5 Å². The van der Waals surface area contributed by atoms with E-state index < -0.39 is 10.4 Å². The molecule has 26 heavy (non-hydrogen) atoms. The van der Waals surface area contributed by atoms with Crippen molar-refractivity contribution in [2.45, 2.75) is 0 Å². The number of rotatable bonds is 0. The van der Waals surface area contributed by atoms with E-state index in [9.17, 15) is 13.5 Å². The van der Waals surface area contributed by atoms with Gasteiger partial charge in [0, 0.05) is 26.9 Å². The first-order chi connectivity index (χ1) is 12.5. The van der Waals surface area contributed by atoms with Gasteiger partial charge < -0.3 is 13.5 Å². The van der Waals surface area contributed by atoms with E-state index in [-0.39, 0.29) is 17.2 Å². The summed E-state index contributed by atoms with van der Waals surface area (Å²) in [7, 11) is -4.07.